The van der Waals surface area contributed by atoms with Crippen LogP contribution in [0.25, 0.3) is 0 Å². The van der Waals surface area contributed by atoms with Crippen molar-refractivity contribution >= 4 is 45.5 Å². The molecule has 1 amide bonds. The second kappa shape index (κ2) is 7.43. The number of para-hydroxylation sites is 2. The molecule has 0 fully saturated rings. The summed E-state index contributed by atoms with van der Waals surface area (Å²) >= 11 is 2.64. The molecule has 1 aliphatic rings. The van der Waals surface area contributed by atoms with Crippen molar-refractivity contribution in [3.63, 3.8) is 0 Å². The van der Waals surface area contributed by atoms with Gasteiger partial charge in [0.05, 0.1) is 11.4 Å². The lowest BCUT2D eigenvalue weighted by atomic mass is 10.2. The van der Waals surface area contributed by atoms with Gasteiger partial charge in [0.15, 0.2) is 4.34 Å². The van der Waals surface area contributed by atoms with E-state index < -0.39 is 0 Å². The Bertz CT molecular complexity index is 946. The first-order chi connectivity index (χ1) is 12.7. The Balaban J connectivity index is 1.36. The van der Waals surface area contributed by atoms with Crippen LogP contribution in [0, 0.1) is 5.82 Å². The zero-order chi connectivity index (χ0) is 17.9. The van der Waals surface area contributed by atoms with Crippen molar-refractivity contribution in [1.82, 2.24) is 10.2 Å². The summed E-state index contributed by atoms with van der Waals surface area (Å²) in [5.41, 5.74) is 2.56. The molecule has 26 heavy (non-hydrogen) atoms. The Labute approximate surface area is 158 Å². The van der Waals surface area contributed by atoms with Crippen LogP contribution in [0.15, 0.2) is 52.9 Å². The van der Waals surface area contributed by atoms with Gasteiger partial charge in [0.25, 0.3) is 0 Å². The molecule has 0 saturated carbocycles. The fraction of sp³-hybridized carbons (Fsp3) is 0.167. The third kappa shape index (κ3) is 3.56. The Morgan fingerprint density at radius 3 is 2.88 bits per heavy atom. The minimum absolute atomic E-state index is 0.0544. The normalized spacial score (nSPS) is 12.9. The van der Waals surface area contributed by atoms with Crippen LogP contribution in [0.1, 0.15) is 5.56 Å². The number of benzene rings is 2. The topological polar surface area (TPSA) is 58.1 Å². The van der Waals surface area contributed by atoms with Crippen molar-refractivity contribution < 1.29 is 9.18 Å². The molecule has 4 rings (SSSR count). The second-order valence-corrected chi connectivity index (χ2v) is 7.89. The van der Waals surface area contributed by atoms with E-state index in [9.17, 15) is 9.18 Å². The Kier molecular flexibility index (Phi) is 4.85. The van der Waals surface area contributed by atoms with E-state index in [0.29, 0.717) is 20.9 Å². The van der Waals surface area contributed by atoms with Crippen molar-refractivity contribution in [3.8, 4) is 0 Å². The predicted octanol–water partition coefficient (Wildman–Crippen LogP) is 4.10. The van der Waals surface area contributed by atoms with Crippen LogP contribution < -0.4 is 10.2 Å². The van der Waals surface area contributed by atoms with E-state index >= 15 is 0 Å². The molecule has 8 heteroatoms. The molecule has 0 saturated heterocycles. The van der Waals surface area contributed by atoms with Gasteiger partial charge in [-0.15, -0.1) is 10.2 Å². The van der Waals surface area contributed by atoms with Gasteiger partial charge in [-0.2, -0.15) is 0 Å². The molecule has 2 aromatic carbocycles. The Morgan fingerprint density at radius 1 is 1.19 bits per heavy atom. The summed E-state index contributed by atoms with van der Waals surface area (Å²) in [5, 5.41) is 11.5. The summed E-state index contributed by atoms with van der Waals surface area (Å²) in [6, 6.07) is 14.4. The highest BCUT2D eigenvalue weighted by atomic mass is 32.2. The van der Waals surface area contributed by atoms with Crippen molar-refractivity contribution in [2.24, 2.45) is 0 Å². The predicted molar refractivity (Wildman–Crippen MR) is 103 cm³/mol. The van der Waals surface area contributed by atoms with Crippen LogP contribution in [-0.4, -0.2) is 28.4 Å². The maximum Gasteiger partial charge on any atom is 0.237 e. The number of carbonyl (C=O) groups excluding carboxylic acids is 1. The van der Waals surface area contributed by atoms with Crippen LogP contribution in [-0.2, 0) is 11.2 Å². The molecule has 0 aliphatic carbocycles. The molecule has 1 aliphatic heterocycles. The van der Waals surface area contributed by atoms with Gasteiger partial charge in [-0.3, -0.25) is 4.79 Å². The van der Waals surface area contributed by atoms with Gasteiger partial charge in [-0.25, -0.2) is 4.39 Å². The lowest BCUT2D eigenvalue weighted by molar-refractivity contribution is -0.116. The lowest BCUT2D eigenvalue weighted by Crippen LogP contribution is -2.30. The van der Waals surface area contributed by atoms with Gasteiger partial charge in [0.2, 0.25) is 11.0 Å². The number of hydrogen-bond donors (Lipinski definition) is 1. The fourth-order valence-corrected chi connectivity index (χ4v) is 4.44. The smallest absolute Gasteiger partial charge is 0.237 e. The van der Waals surface area contributed by atoms with Crippen LogP contribution in [0.2, 0.25) is 0 Å². The number of rotatable bonds is 5. The van der Waals surface area contributed by atoms with Crippen LogP contribution in [0.4, 0.5) is 20.9 Å². The Morgan fingerprint density at radius 2 is 2.00 bits per heavy atom. The number of carbonyl (C=O) groups is 1. The average molecular weight is 386 g/mol. The molecule has 0 radical (unpaired) electrons. The second-order valence-electron chi connectivity index (χ2n) is 5.69. The average Bonchev–Trinajstić information content (AvgIpc) is 3.28. The van der Waals surface area contributed by atoms with Gasteiger partial charge in [-0.05, 0) is 30.2 Å². The minimum Gasteiger partial charge on any atom is -0.328 e. The maximum absolute atomic E-state index is 13.7. The highest BCUT2D eigenvalue weighted by Crippen LogP contribution is 2.31. The molecule has 0 atom stereocenters. The largest absolute Gasteiger partial charge is 0.328 e. The van der Waals surface area contributed by atoms with E-state index in [1.165, 1.54) is 34.7 Å². The molecule has 2 heterocycles. The van der Waals surface area contributed by atoms with Crippen LogP contribution in [0.5, 0.6) is 0 Å². The van der Waals surface area contributed by atoms with Crippen molar-refractivity contribution in [3.05, 3.63) is 59.9 Å². The van der Waals surface area contributed by atoms with E-state index in [0.717, 1.165) is 18.7 Å². The first-order valence-electron chi connectivity index (χ1n) is 8.07. The Hall–Kier alpha value is -2.45. The zero-order valence-corrected chi connectivity index (χ0v) is 15.3. The molecule has 3 aromatic rings. The summed E-state index contributed by atoms with van der Waals surface area (Å²) in [5.74, 6) is 0.00130. The number of fused-ring (bicyclic) bond motifs is 1. The van der Waals surface area contributed by atoms with Gasteiger partial charge >= 0.3 is 0 Å². The number of hydrogen-bond acceptors (Lipinski definition) is 6. The van der Waals surface area contributed by atoms with Gasteiger partial charge < -0.3 is 10.2 Å². The highest BCUT2D eigenvalue weighted by Gasteiger charge is 2.24. The number of thioether (sulfide) groups is 1. The maximum atomic E-state index is 13.7. The summed E-state index contributed by atoms with van der Waals surface area (Å²) in [6.45, 7) is 0.717. The molecule has 0 spiro atoms. The molecule has 1 N–H and O–H groups in total. The number of amides is 1. The fourth-order valence-electron chi connectivity index (χ4n) is 2.80. The third-order valence-corrected chi connectivity index (χ3v) is 5.99. The van der Waals surface area contributed by atoms with Gasteiger partial charge in [-0.1, -0.05) is 53.4 Å². The standard InChI is InChI=1S/C18H15FN4OS2/c19-13-6-2-3-7-14(13)20-17-21-22-18(26-17)25-11-16(24)23-10-9-12-5-1-4-8-15(12)23/h1-8H,9-11H2,(H,20,21). The van der Waals surface area contributed by atoms with Crippen LogP contribution >= 0.6 is 23.1 Å². The monoisotopic (exact) mass is 386 g/mol. The van der Waals surface area contributed by atoms with E-state index in [1.54, 1.807) is 18.2 Å². The number of nitrogens with zero attached hydrogens (tertiary/aromatic N) is 3. The van der Waals surface area contributed by atoms with Crippen molar-refractivity contribution in [2.75, 3.05) is 22.5 Å². The first kappa shape index (κ1) is 17.0. The SMILES string of the molecule is O=C(CSc1nnc(Nc2ccccc2F)s1)N1CCc2ccccc21. The lowest BCUT2D eigenvalue weighted by Gasteiger charge is -2.16. The number of aromatic nitrogens is 2. The molecular formula is C18H15FN4OS2. The minimum atomic E-state index is -0.347. The molecule has 5 nitrogen and oxygen atoms in total. The summed E-state index contributed by atoms with van der Waals surface area (Å²) in [6.07, 6.45) is 0.891. The number of nitrogens with one attached hydrogen (secondary N) is 1. The number of halogens is 1. The van der Waals surface area contributed by atoms with Gasteiger partial charge in [0.1, 0.15) is 5.82 Å². The molecule has 132 valence electrons. The van der Waals surface area contributed by atoms with Crippen molar-refractivity contribution in [1.29, 1.82) is 0 Å². The van der Waals surface area contributed by atoms with E-state index in [2.05, 4.69) is 21.6 Å². The van der Waals surface area contributed by atoms with Crippen molar-refractivity contribution in [2.45, 2.75) is 10.8 Å². The van der Waals surface area contributed by atoms with Crippen LogP contribution in [0.3, 0.4) is 0 Å². The molecule has 0 bridgehead atoms. The summed E-state index contributed by atoms with van der Waals surface area (Å²) < 4.78 is 14.3. The first-order valence-corrected chi connectivity index (χ1v) is 9.87. The molecule has 0 unspecified atom stereocenters. The quantitative estimate of drug-likeness (QED) is 0.669. The molecule has 1 aromatic heterocycles. The molecular weight excluding hydrogens is 371 g/mol. The van der Waals surface area contributed by atoms with E-state index in [4.69, 9.17) is 0 Å². The third-order valence-electron chi connectivity index (χ3n) is 4.03. The summed E-state index contributed by atoms with van der Waals surface area (Å²) in [7, 11) is 0. The number of anilines is 3. The van der Waals surface area contributed by atoms with E-state index in [1.807, 2.05) is 23.1 Å². The van der Waals surface area contributed by atoms with E-state index in [-0.39, 0.29) is 11.7 Å². The summed E-state index contributed by atoms with van der Waals surface area (Å²) in [4.78, 5) is 14.3. The highest BCUT2D eigenvalue weighted by molar-refractivity contribution is 8.01. The van der Waals surface area contributed by atoms with Gasteiger partial charge in [0, 0.05) is 12.2 Å². The zero-order valence-electron chi connectivity index (χ0n) is 13.7.